The minimum absolute atomic E-state index is 0.00649. The molecule has 3 aromatic rings. The molecule has 1 aromatic heterocycles. The number of piperidine rings is 1. The average Bonchev–Trinajstić information content (AvgIpc) is 2.92. The van der Waals surface area contributed by atoms with Crippen LogP contribution in [0.2, 0.25) is 0 Å². The van der Waals surface area contributed by atoms with Crippen LogP contribution in [0.1, 0.15) is 23.2 Å². The topological polar surface area (TPSA) is 154 Å². The number of amides is 1. The van der Waals surface area contributed by atoms with Crippen LogP contribution >= 0.6 is 0 Å². The van der Waals surface area contributed by atoms with Gasteiger partial charge in [-0.3, -0.25) is 9.59 Å². The number of carboxylic acid groups (broad SMARTS) is 1. The van der Waals surface area contributed by atoms with Crippen LogP contribution in [0, 0.1) is 5.82 Å². The molecule has 2 aromatic carbocycles. The molecule has 0 aliphatic carbocycles. The van der Waals surface area contributed by atoms with E-state index in [0.29, 0.717) is 24.7 Å². The van der Waals surface area contributed by atoms with E-state index in [9.17, 15) is 27.5 Å². The van der Waals surface area contributed by atoms with Crippen molar-refractivity contribution in [1.29, 1.82) is 0 Å². The number of hydrogen-bond acceptors (Lipinski definition) is 8. The Labute approximate surface area is 219 Å². The monoisotopic (exact) mass is 542 g/mol. The van der Waals surface area contributed by atoms with Gasteiger partial charge in [-0.1, -0.05) is 18.2 Å². The molecule has 2 heterocycles. The standard InChI is InChI=1S/C25H27FN6O5S/c26-18-13-17(14-20(15-18)32-11-7-19(8-12-32)30-25-27-9-4-10-28-25)23(33)29-16-22(24(34)35)31-38(36,37)21-5-2-1-3-6-21/h1-6,9-10,13-15,19,22,31H,7-8,11-12,16H2,(H,29,33)(H,34,35)(H,27,28,30)/t22-/m0/s1. The van der Waals surface area contributed by atoms with Crippen LogP contribution < -0.4 is 20.3 Å². The van der Waals surface area contributed by atoms with Crippen LogP contribution in [0.3, 0.4) is 0 Å². The molecule has 1 aliphatic rings. The van der Waals surface area contributed by atoms with Gasteiger partial charge in [0.05, 0.1) is 4.90 Å². The fraction of sp³-hybridized carbons (Fsp3) is 0.280. The summed E-state index contributed by atoms with van der Waals surface area (Å²) in [4.78, 5) is 34.6. The number of hydrogen-bond donors (Lipinski definition) is 4. The summed E-state index contributed by atoms with van der Waals surface area (Å²) in [6.45, 7) is 0.680. The van der Waals surface area contributed by atoms with Gasteiger partial charge in [0, 0.05) is 49.3 Å². The Hall–Kier alpha value is -4.10. The van der Waals surface area contributed by atoms with E-state index in [-0.39, 0.29) is 16.5 Å². The third-order valence-electron chi connectivity index (χ3n) is 6.02. The van der Waals surface area contributed by atoms with Crippen molar-refractivity contribution in [3.8, 4) is 0 Å². The van der Waals surface area contributed by atoms with E-state index >= 15 is 0 Å². The Morgan fingerprint density at radius 1 is 1.05 bits per heavy atom. The second-order valence-corrected chi connectivity index (χ2v) is 10.4. The van der Waals surface area contributed by atoms with Gasteiger partial charge in [0.15, 0.2) is 0 Å². The summed E-state index contributed by atoms with van der Waals surface area (Å²) >= 11 is 0. The van der Waals surface area contributed by atoms with E-state index < -0.39 is 40.3 Å². The minimum atomic E-state index is -4.13. The molecule has 38 heavy (non-hydrogen) atoms. The number of carbonyl (C=O) groups is 2. The molecule has 4 N–H and O–H groups in total. The first kappa shape index (κ1) is 26.9. The molecule has 4 rings (SSSR count). The number of nitrogens with zero attached hydrogens (tertiary/aromatic N) is 3. The molecule has 0 spiro atoms. The van der Waals surface area contributed by atoms with Crippen LogP contribution in [-0.2, 0) is 14.8 Å². The van der Waals surface area contributed by atoms with E-state index in [1.54, 1.807) is 24.5 Å². The van der Waals surface area contributed by atoms with Crippen LogP contribution in [0.15, 0.2) is 71.9 Å². The number of sulfonamides is 1. The van der Waals surface area contributed by atoms with Crippen molar-refractivity contribution in [2.45, 2.75) is 29.8 Å². The van der Waals surface area contributed by atoms with Crippen molar-refractivity contribution in [3.05, 3.63) is 78.4 Å². The highest BCUT2D eigenvalue weighted by molar-refractivity contribution is 7.89. The lowest BCUT2D eigenvalue weighted by Crippen LogP contribution is -2.48. The molecular weight excluding hydrogens is 515 g/mol. The molecule has 1 fully saturated rings. The normalized spacial score (nSPS) is 15.0. The predicted molar refractivity (Wildman–Crippen MR) is 138 cm³/mol. The maximum atomic E-state index is 14.4. The Morgan fingerprint density at radius 3 is 2.39 bits per heavy atom. The Morgan fingerprint density at radius 2 is 1.74 bits per heavy atom. The van der Waals surface area contributed by atoms with Gasteiger partial charge in [0.1, 0.15) is 11.9 Å². The molecule has 1 aliphatic heterocycles. The lowest BCUT2D eigenvalue weighted by Gasteiger charge is -2.34. The fourth-order valence-corrected chi connectivity index (χ4v) is 5.27. The zero-order valence-electron chi connectivity index (χ0n) is 20.2. The fourth-order valence-electron chi connectivity index (χ4n) is 4.06. The highest BCUT2D eigenvalue weighted by atomic mass is 32.2. The lowest BCUT2D eigenvalue weighted by atomic mass is 10.0. The first-order valence-corrected chi connectivity index (χ1v) is 13.4. The van der Waals surface area contributed by atoms with E-state index in [4.69, 9.17) is 0 Å². The van der Waals surface area contributed by atoms with E-state index in [0.717, 1.165) is 18.9 Å². The van der Waals surface area contributed by atoms with Crippen molar-refractivity contribution in [2.75, 3.05) is 29.9 Å². The van der Waals surface area contributed by atoms with Gasteiger partial charge >= 0.3 is 5.97 Å². The van der Waals surface area contributed by atoms with Crippen LogP contribution in [0.25, 0.3) is 0 Å². The van der Waals surface area contributed by atoms with Gasteiger partial charge in [-0.15, -0.1) is 0 Å². The van der Waals surface area contributed by atoms with Crippen molar-refractivity contribution in [3.63, 3.8) is 0 Å². The number of nitrogens with one attached hydrogen (secondary N) is 3. The summed E-state index contributed by atoms with van der Waals surface area (Å²) in [6, 6.07) is 11.4. The first-order valence-electron chi connectivity index (χ1n) is 11.9. The highest BCUT2D eigenvalue weighted by Gasteiger charge is 2.26. The van der Waals surface area contributed by atoms with E-state index in [1.807, 2.05) is 4.90 Å². The van der Waals surface area contributed by atoms with Gasteiger partial charge < -0.3 is 20.6 Å². The second kappa shape index (κ2) is 12.0. The summed E-state index contributed by atoms with van der Waals surface area (Å²) in [5.41, 5.74) is 0.511. The van der Waals surface area contributed by atoms with Crippen LogP contribution in [0.4, 0.5) is 16.0 Å². The summed E-state index contributed by atoms with van der Waals surface area (Å²) in [5.74, 6) is -2.28. The molecule has 13 heteroatoms. The van der Waals surface area contributed by atoms with Gasteiger partial charge in [-0.05, 0) is 49.2 Å². The molecule has 1 amide bonds. The Balaban J connectivity index is 1.37. The Bertz CT molecular complexity index is 1370. The highest BCUT2D eigenvalue weighted by Crippen LogP contribution is 2.24. The second-order valence-electron chi connectivity index (χ2n) is 8.71. The van der Waals surface area contributed by atoms with E-state index in [1.165, 1.54) is 36.4 Å². The summed E-state index contributed by atoms with van der Waals surface area (Å²) < 4.78 is 41.5. The maximum Gasteiger partial charge on any atom is 0.323 e. The molecule has 1 atom stereocenters. The number of benzene rings is 2. The van der Waals surface area contributed by atoms with Gasteiger partial charge in [0.2, 0.25) is 16.0 Å². The largest absolute Gasteiger partial charge is 0.480 e. The van der Waals surface area contributed by atoms with Crippen LogP contribution in [0.5, 0.6) is 0 Å². The quantitative estimate of drug-likeness (QED) is 0.301. The molecule has 0 unspecified atom stereocenters. The first-order chi connectivity index (χ1) is 18.2. The molecular formula is C25H27FN6O5S. The molecule has 0 bridgehead atoms. The third kappa shape index (κ3) is 7.01. The van der Waals surface area contributed by atoms with Gasteiger partial charge in [-0.2, -0.15) is 4.72 Å². The van der Waals surface area contributed by atoms with Crippen LogP contribution in [-0.4, -0.2) is 67.1 Å². The number of aromatic nitrogens is 2. The van der Waals surface area contributed by atoms with Gasteiger partial charge in [-0.25, -0.2) is 22.8 Å². The van der Waals surface area contributed by atoms with Crippen molar-refractivity contribution in [2.24, 2.45) is 0 Å². The number of anilines is 2. The molecule has 11 nitrogen and oxygen atoms in total. The number of carboxylic acids is 1. The maximum absolute atomic E-state index is 14.4. The molecule has 0 radical (unpaired) electrons. The minimum Gasteiger partial charge on any atom is -0.480 e. The molecule has 0 saturated carbocycles. The number of rotatable bonds is 10. The number of aliphatic carboxylic acids is 1. The van der Waals surface area contributed by atoms with Gasteiger partial charge in [0.25, 0.3) is 5.91 Å². The molecule has 1 saturated heterocycles. The third-order valence-corrected chi connectivity index (χ3v) is 7.51. The number of halogens is 1. The van der Waals surface area contributed by atoms with Crippen molar-refractivity contribution < 1.29 is 27.5 Å². The predicted octanol–water partition coefficient (Wildman–Crippen LogP) is 1.86. The Kier molecular flexibility index (Phi) is 8.48. The summed E-state index contributed by atoms with van der Waals surface area (Å²) in [7, 11) is -4.13. The van der Waals surface area contributed by atoms with Crippen molar-refractivity contribution in [1.82, 2.24) is 20.0 Å². The zero-order valence-corrected chi connectivity index (χ0v) is 21.1. The zero-order chi connectivity index (χ0) is 27.1. The lowest BCUT2D eigenvalue weighted by molar-refractivity contribution is -0.138. The average molecular weight is 543 g/mol. The van der Waals surface area contributed by atoms with Crippen molar-refractivity contribution >= 4 is 33.5 Å². The SMILES string of the molecule is O=C(NC[C@H](NS(=O)(=O)c1ccccc1)C(=O)O)c1cc(F)cc(N2CCC(Nc3ncccn3)CC2)c1. The molecule has 200 valence electrons. The van der Waals surface area contributed by atoms with E-state index in [2.05, 4.69) is 25.3 Å². The summed E-state index contributed by atoms with van der Waals surface area (Å²) in [5, 5.41) is 15.1. The summed E-state index contributed by atoms with van der Waals surface area (Å²) in [6.07, 6.45) is 4.80. The number of carbonyl (C=O) groups excluding carboxylic acids is 1. The smallest absolute Gasteiger partial charge is 0.323 e.